The van der Waals surface area contributed by atoms with E-state index in [0.717, 1.165) is 54.3 Å². The lowest BCUT2D eigenvalue weighted by Gasteiger charge is -2.48. The molecule has 0 radical (unpaired) electrons. The molecule has 1 aromatic rings. The van der Waals surface area contributed by atoms with E-state index in [1.807, 2.05) is 18.2 Å². The van der Waals surface area contributed by atoms with Gasteiger partial charge in [0.1, 0.15) is 0 Å². The van der Waals surface area contributed by atoms with E-state index < -0.39 is 5.60 Å². The normalized spacial score (nSPS) is 33.8. The Morgan fingerprint density at radius 2 is 1.95 bits per heavy atom. The van der Waals surface area contributed by atoms with Crippen LogP contribution in [0.4, 0.5) is 0 Å². The minimum Gasteiger partial charge on any atom is -0.389 e. The van der Waals surface area contributed by atoms with E-state index in [1.165, 1.54) is 6.42 Å². The highest BCUT2D eigenvalue weighted by Gasteiger charge is 2.45. The van der Waals surface area contributed by atoms with E-state index in [1.54, 1.807) is 0 Å². The third kappa shape index (κ3) is 2.71. The molecule has 2 nitrogen and oxygen atoms in total. The fraction of sp³-hybridized carbons (Fsp3) is 0.625. The fourth-order valence-corrected chi connectivity index (χ4v) is 4.47. The summed E-state index contributed by atoms with van der Waals surface area (Å²) in [6.07, 6.45) is 6.05. The average molecular weight is 314 g/mol. The molecule has 1 saturated carbocycles. The topological polar surface area (TPSA) is 32.3 Å². The van der Waals surface area contributed by atoms with Crippen molar-refractivity contribution in [2.24, 2.45) is 5.92 Å². The predicted molar refractivity (Wildman–Crippen MR) is 83.5 cm³/mol. The van der Waals surface area contributed by atoms with Crippen molar-refractivity contribution in [1.29, 1.82) is 0 Å². The van der Waals surface area contributed by atoms with Gasteiger partial charge in [0.05, 0.1) is 5.60 Å². The maximum Gasteiger partial charge on any atom is 0.0702 e. The Labute approximate surface area is 130 Å². The van der Waals surface area contributed by atoms with E-state index in [2.05, 4.69) is 5.32 Å². The lowest BCUT2D eigenvalue weighted by molar-refractivity contribution is -0.0850. The van der Waals surface area contributed by atoms with Gasteiger partial charge in [-0.3, -0.25) is 0 Å². The smallest absolute Gasteiger partial charge is 0.0702 e. The molecule has 1 aliphatic heterocycles. The Bertz CT molecular complexity index is 469. The molecule has 2 fully saturated rings. The summed E-state index contributed by atoms with van der Waals surface area (Å²) in [5.74, 6) is 0.317. The lowest BCUT2D eigenvalue weighted by Crippen LogP contribution is -2.58. The quantitative estimate of drug-likeness (QED) is 0.870. The standard InChI is InChI=1S/C16H21Cl2NO/c17-13-5-3-6-14(18)11(13)10-15-12-4-1-2-7-16(12,20)8-9-19-15/h3,5-6,12,15,19-20H,1-2,4,7-10H2. The van der Waals surface area contributed by atoms with Gasteiger partial charge in [-0.1, -0.05) is 42.1 Å². The highest BCUT2D eigenvalue weighted by atomic mass is 35.5. The van der Waals surface area contributed by atoms with Crippen molar-refractivity contribution in [3.05, 3.63) is 33.8 Å². The summed E-state index contributed by atoms with van der Waals surface area (Å²) in [5, 5.41) is 15.9. The first-order chi connectivity index (χ1) is 9.60. The number of benzene rings is 1. The highest BCUT2D eigenvalue weighted by molar-refractivity contribution is 6.36. The number of hydrogen-bond acceptors (Lipinski definition) is 2. The van der Waals surface area contributed by atoms with Crippen LogP contribution in [0.3, 0.4) is 0 Å². The molecule has 1 aromatic carbocycles. The molecule has 0 spiro atoms. The van der Waals surface area contributed by atoms with Gasteiger partial charge >= 0.3 is 0 Å². The first-order valence-electron chi connectivity index (χ1n) is 7.49. The lowest BCUT2D eigenvalue weighted by atomic mass is 9.67. The van der Waals surface area contributed by atoms with Gasteiger partial charge in [-0.05, 0) is 49.9 Å². The highest BCUT2D eigenvalue weighted by Crippen LogP contribution is 2.42. The molecule has 1 heterocycles. The summed E-state index contributed by atoms with van der Waals surface area (Å²) in [6, 6.07) is 5.92. The second-order valence-corrected chi connectivity index (χ2v) is 6.99. The number of rotatable bonds is 2. The molecule has 0 bridgehead atoms. The molecule has 2 aliphatic rings. The summed E-state index contributed by atoms with van der Waals surface area (Å²) in [6.45, 7) is 0.875. The molecule has 1 saturated heterocycles. The van der Waals surface area contributed by atoms with Crippen LogP contribution in [0.2, 0.25) is 10.0 Å². The van der Waals surface area contributed by atoms with Crippen LogP contribution in [0.1, 0.15) is 37.7 Å². The van der Waals surface area contributed by atoms with E-state index in [9.17, 15) is 5.11 Å². The van der Waals surface area contributed by atoms with Crippen molar-refractivity contribution in [3.63, 3.8) is 0 Å². The maximum atomic E-state index is 10.9. The number of fused-ring (bicyclic) bond motifs is 1. The van der Waals surface area contributed by atoms with Gasteiger partial charge in [-0.25, -0.2) is 0 Å². The zero-order valence-corrected chi connectivity index (χ0v) is 13.1. The van der Waals surface area contributed by atoms with Gasteiger partial charge < -0.3 is 10.4 Å². The molecule has 110 valence electrons. The molecule has 3 atom stereocenters. The molecule has 2 N–H and O–H groups in total. The molecule has 0 amide bonds. The summed E-state index contributed by atoms with van der Waals surface area (Å²) in [5.41, 5.74) is 0.519. The van der Waals surface area contributed by atoms with Gasteiger partial charge in [0.15, 0.2) is 0 Å². The summed E-state index contributed by atoms with van der Waals surface area (Å²) in [4.78, 5) is 0. The Hall–Kier alpha value is -0.280. The van der Waals surface area contributed by atoms with Crippen LogP contribution in [-0.4, -0.2) is 23.3 Å². The van der Waals surface area contributed by atoms with Crippen LogP contribution in [0.25, 0.3) is 0 Å². The summed E-state index contributed by atoms with van der Waals surface area (Å²) >= 11 is 12.6. The van der Waals surface area contributed by atoms with Crippen LogP contribution in [-0.2, 0) is 6.42 Å². The molecule has 3 unspecified atom stereocenters. The van der Waals surface area contributed by atoms with E-state index in [4.69, 9.17) is 23.2 Å². The zero-order valence-electron chi connectivity index (χ0n) is 11.5. The van der Waals surface area contributed by atoms with Crippen molar-refractivity contribution in [2.45, 2.75) is 50.2 Å². The second kappa shape index (κ2) is 5.84. The van der Waals surface area contributed by atoms with Crippen LogP contribution in [0, 0.1) is 5.92 Å². The molecule has 20 heavy (non-hydrogen) atoms. The fourth-order valence-electron chi connectivity index (χ4n) is 3.91. The van der Waals surface area contributed by atoms with Gasteiger partial charge in [0, 0.05) is 22.0 Å². The van der Waals surface area contributed by atoms with Crippen molar-refractivity contribution in [2.75, 3.05) is 6.54 Å². The van der Waals surface area contributed by atoms with E-state index >= 15 is 0 Å². The Morgan fingerprint density at radius 3 is 2.70 bits per heavy atom. The maximum absolute atomic E-state index is 10.9. The van der Waals surface area contributed by atoms with E-state index in [-0.39, 0.29) is 6.04 Å². The third-order valence-corrected chi connectivity index (χ3v) is 5.71. The molecule has 0 aromatic heterocycles. The van der Waals surface area contributed by atoms with Crippen LogP contribution in [0.15, 0.2) is 18.2 Å². The first-order valence-corrected chi connectivity index (χ1v) is 8.24. The van der Waals surface area contributed by atoms with E-state index in [0.29, 0.717) is 5.92 Å². The van der Waals surface area contributed by atoms with Gasteiger partial charge in [0.2, 0.25) is 0 Å². The average Bonchev–Trinajstić information content (AvgIpc) is 2.42. The second-order valence-electron chi connectivity index (χ2n) is 6.17. The van der Waals surface area contributed by atoms with Crippen molar-refractivity contribution >= 4 is 23.2 Å². The van der Waals surface area contributed by atoms with Crippen LogP contribution >= 0.6 is 23.2 Å². The molecule has 1 aliphatic carbocycles. The Kier molecular flexibility index (Phi) is 4.28. The largest absolute Gasteiger partial charge is 0.389 e. The predicted octanol–water partition coefficient (Wildman–Crippen LogP) is 3.82. The number of aliphatic hydroxyl groups is 1. The van der Waals surface area contributed by atoms with Gasteiger partial charge in [0.25, 0.3) is 0 Å². The third-order valence-electron chi connectivity index (χ3n) is 5.00. The van der Waals surface area contributed by atoms with Crippen molar-refractivity contribution in [1.82, 2.24) is 5.32 Å². The molecule has 3 rings (SSSR count). The number of halogens is 2. The number of hydrogen-bond donors (Lipinski definition) is 2. The van der Waals surface area contributed by atoms with Gasteiger partial charge in [-0.2, -0.15) is 0 Å². The molecular weight excluding hydrogens is 293 g/mol. The summed E-state index contributed by atoms with van der Waals surface area (Å²) in [7, 11) is 0. The minimum absolute atomic E-state index is 0.270. The van der Waals surface area contributed by atoms with Gasteiger partial charge in [-0.15, -0.1) is 0 Å². The van der Waals surface area contributed by atoms with Crippen LogP contribution < -0.4 is 5.32 Å². The Morgan fingerprint density at radius 1 is 1.20 bits per heavy atom. The summed E-state index contributed by atoms with van der Waals surface area (Å²) < 4.78 is 0. The monoisotopic (exact) mass is 313 g/mol. The SMILES string of the molecule is OC12CCCCC1C(Cc1c(Cl)cccc1Cl)NCC2. The molecule has 4 heteroatoms. The number of nitrogens with one attached hydrogen (secondary N) is 1. The zero-order chi connectivity index (χ0) is 14.2. The van der Waals surface area contributed by atoms with Crippen LogP contribution in [0.5, 0.6) is 0 Å². The van der Waals surface area contributed by atoms with Crippen molar-refractivity contribution in [3.8, 4) is 0 Å². The minimum atomic E-state index is -0.484. The first kappa shape index (κ1) is 14.6. The molecular formula is C16H21Cl2NO. The Balaban J connectivity index is 1.83. The van der Waals surface area contributed by atoms with Crippen molar-refractivity contribution < 1.29 is 5.11 Å². The number of piperidine rings is 1.